The molecule has 1 heterocycles. The molecule has 0 amide bonds. The molecule has 12 heavy (non-hydrogen) atoms. The van der Waals surface area contributed by atoms with Gasteiger partial charge in [0, 0.05) is 0 Å². The summed E-state index contributed by atoms with van der Waals surface area (Å²) in [5.41, 5.74) is 0.935. The number of carboxylic acids is 1. The molecule has 1 saturated heterocycles. The molecule has 0 saturated carbocycles. The standard InChI is InChI=1S/C9H8O3/c10-9(11)8-7(12-8)6-4-2-1-3-5-6/h1-5,7-8H,(H,10,11)/t7-,8+/m0/s1. The largest absolute Gasteiger partial charge is 0.479 e. The van der Waals surface area contributed by atoms with Crippen molar-refractivity contribution in [2.75, 3.05) is 0 Å². The molecule has 3 heteroatoms. The monoisotopic (exact) mass is 164 g/mol. The lowest BCUT2D eigenvalue weighted by Crippen LogP contribution is -2.04. The van der Waals surface area contributed by atoms with Gasteiger partial charge in [-0.3, -0.25) is 0 Å². The lowest BCUT2D eigenvalue weighted by atomic mass is 10.1. The van der Waals surface area contributed by atoms with Crippen molar-refractivity contribution >= 4 is 5.97 Å². The molecule has 1 aliphatic heterocycles. The average Bonchev–Trinajstić information content (AvgIpc) is 2.84. The van der Waals surface area contributed by atoms with Crippen LogP contribution in [0.4, 0.5) is 0 Å². The van der Waals surface area contributed by atoms with Crippen LogP contribution in [0.15, 0.2) is 30.3 Å². The maximum atomic E-state index is 10.4. The molecule has 1 fully saturated rings. The Morgan fingerprint density at radius 2 is 2.00 bits per heavy atom. The molecule has 0 aromatic heterocycles. The molecule has 1 aromatic carbocycles. The van der Waals surface area contributed by atoms with E-state index in [0.29, 0.717) is 0 Å². The van der Waals surface area contributed by atoms with Gasteiger partial charge in [-0.15, -0.1) is 0 Å². The summed E-state index contributed by atoms with van der Waals surface area (Å²) in [5, 5.41) is 8.56. The third-order valence-corrected chi connectivity index (χ3v) is 1.86. The van der Waals surface area contributed by atoms with Gasteiger partial charge in [0.2, 0.25) is 0 Å². The Morgan fingerprint density at radius 3 is 2.50 bits per heavy atom. The van der Waals surface area contributed by atoms with E-state index in [1.807, 2.05) is 30.3 Å². The van der Waals surface area contributed by atoms with Gasteiger partial charge in [0.1, 0.15) is 6.10 Å². The Labute approximate surface area is 69.6 Å². The highest BCUT2D eigenvalue weighted by molar-refractivity contribution is 5.76. The Morgan fingerprint density at radius 1 is 1.33 bits per heavy atom. The van der Waals surface area contributed by atoms with E-state index in [0.717, 1.165) is 5.56 Å². The molecule has 2 rings (SSSR count). The van der Waals surface area contributed by atoms with Crippen LogP contribution in [0.5, 0.6) is 0 Å². The van der Waals surface area contributed by atoms with Crippen molar-refractivity contribution in [1.29, 1.82) is 0 Å². The summed E-state index contributed by atoms with van der Waals surface area (Å²) >= 11 is 0. The molecular formula is C9H8O3. The van der Waals surface area contributed by atoms with Crippen LogP contribution in [-0.2, 0) is 9.53 Å². The quantitative estimate of drug-likeness (QED) is 0.668. The first-order valence-electron chi connectivity index (χ1n) is 3.72. The van der Waals surface area contributed by atoms with Crippen molar-refractivity contribution in [3.8, 4) is 0 Å². The molecule has 1 aromatic rings. The minimum absolute atomic E-state index is 0.233. The maximum absolute atomic E-state index is 10.4. The SMILES string of the molecule is O=C(O)[C@@H]1O[C@H]1c1ccccc1. The van der Waals surface area contributed by atoms with Gasteiger partial charge in [0.05, 0.1) is 0 Å². The van der Waals surface area contributed by atoms with Gasteiger partial charge in [-0.25, -0.2) is 4.79 Å². The van der Waals surface area contributed by atoms with E-state index >= 15 is 0 Å². The lowest BCUT2D eigenvalue weighted by molar-refractivity contribution is -0.138. The second kappa shape index (κ2) is 2.60. The summed E-state index contributed by atoms with van der Waals surface area (Å²) in [4.78, 5) is 10.4. The number of hydrogen-bond donors (Lipinski definition) is 1. The van der Waals surface area contributed by atoms with Crippen molar-refractivity contribution < 1.29 is 14.6 Å². The number of benzene rings is 1. The van der Waals surface area contributed by atoms with E-state index in [1.54, 1.807) is 0 Å². The van der Waals surface area contributed by atoms with Crippen LogP contribution in [-0.4, -0.2) is 17.2 Å². The summed E-state index contributed by atoms with van der Waals surface area (Å²) in [6.45, 7) is 0. The summed E-state index contributed by atoms with van der Waals surface area (Å²) in [6.07, 6.45) is -0.865. The van der Waals surface area contributed by atoms with E-state index in [2.05, 4.69) is 0 Å². The molecule has 0 aliphatic carbocycles. The van der Waals surface area contributed by atoms with Gasteiger partial charge in [-0.05, 0) is 5.56 Å². The van der Waals surface area contributed by atoms with Gasteiger partial charge in [-0.2, -0.15) is 0 Å². The Balaban J connectivity index is 2.11. The second-order valence-electron chi connectivity index (χ2n) is 2.73. The summed E-state index contributed by atoms with van der Waals surface area (Å²) in [5.74, 6) is -0.885. The smallest absolute Gasteiger partial charge is 0.335 e. The van der Waals surface area contributed by atoms with Crippen molar-refractivity contribution in [1.82, 2.24) is 0 Å². The number of carbonyl (C=O) groups is 1. The van der Waals surface area contributed by atoms with Gasteiger partial charge >= 0.3 is 5.97 Å². The first kappa shape index (κ1) is 7.31. The first-order chi connectivity index (χ1) is 5.79. The van der Waals surface area contributed by atoms with E-state index in [4.69, 9.17) is 9.84 Å². The highest BCUT2D eigenvalue weighted by Crippen LogP contribution is 2.38. The van der Waals surface area contributed by atoms with Gasteiger partial charge in [0.25, 0.3) is 0 Å². The molecule has 0 radical (unpaired) electrons. The molecule has 62 valence electrons. The molecule has 0 bridgehead atoms. The van der Waals surface area contributed by atoms with Crippen LogP contribution in [0.3, 0.4) is 0 Å². The zero-order valence-corrected chi connectivity index (χ0v) is 6.31. The predicted molar refractivity (Wildman–Crippen MR) is 41.7 cm³/mol. The fraction of sp³-hybridized carbons (Fsp3) is 0.222. The molecular weight excluding hydrogens is 156 g/mol. The number of ether oxygens (including phenoxy) is 1. The first-order valence-corrected chi connectivity index (χ1v) is 3.72. The Kier molecular flexibility index (Phi) is 1.59. The number of hydrogen-bond acceptors (Lipinski definition) is 2. The van der Waals surface area contributed by atoms with Crippen molar-refractivity contribution in [2.45, 2.75) is 12.2 Å². The lowest BCUT2D eigenvalue weighted by Gasteiger charge is -1.91. The molecule has 3 nitrogen and oxygen atoms in total. The summed E-state index contributed by atoms with van der Waals surface area (Å²) in [7, 11) is 0. The topological polar surface area (TPSA) is 49.8 Å². The normalized spacial score (nSPS) is 26.7. The average molecular weight is 164 g/mol. The fourth-order valence-electron chi connectivity index (χ4n) is 1.20. The van der Waals surface area contributed by atoms with Crippen molar-refractivity contribution in [2.24, 2.45) is 0 Å². The van der Waals surface area contributed by atoms with Crippen LogP contribution in [0, 0.1) is 0 Å². The van der Waals surface area contributed by atoms with Crippen LogP contribution in [0.25, 0.3) is 0 Å². The molecule has 1 N–H and O–H groups in total. The third kappa shape index (κ3) is 1.19. The van der Waals surface area contributed by atoms with Crippen LogP contribution in [0.2, 0.25) is 0 Å². The van der Waals surface area contributed by atoms with Crippen LogP contribution in [0.1, 0.15) is 11.7 Å². The summed E-state index contributed by atoms with van der Waals surface area (Å²) < 4.78 is 4.96. The molecule has 0 unspecified atom stereocenters. The minimum Gasteiger partial charge on any atom is -0.479 e. The Bertz CT molecular complexity index is 294. The van der Waals surface area contributed by atoms with Gasteiger partial charge in [-0.1, -0.05) is 30.3 Å². The van der Waals surface area contributed by atoms with Crippen LogP contribution < -0.4 is 0 Å². The van der Waals surface area contributed by atoms with Crippen LogP contribution >= 0.6 is 0 Å². The zero-order valence-electron chi connectivity index (χ0n) is 6.31. The van der Waals surface area contributed by atoms with E-state index in [1.165, 1.54) is 0 Å². The number of aliphatic carboxylic acids is 1. The van der Waals surface area contributed by atoms with Gasteiger partial charge < -0.3 is 9.84 Å². The fourth-order valence-corrected chi connectivity index (χ4v) is 1.20. The number of rotatable bonds is 2. The number of epoxide rings is 1. The van der Waals surface area contributed by atoms with Crippen molar-refractivity contribution in [3.63, 3.8) is 0 Å². The summed E-state index contributed by atoms with van der Waals surface area (Å²) in [6, 6.07) is 9.37. The molecule has 2 atom stereocenters. The minimum atomic E-state index is -0.885. The maximum Gasteiger partial charge on any atom is 0.335 e. The highest BCUT2D eigenvalue weighted by atomic mass is 16.6. The second-order valence-corrected chi connectivity index (χ2v) is 2.73. The number of carboxylic acid groups (broad SMARTS) is 1. The van der Waals surface area contributed by atoms with Gasteiger partial charge in [0.15, 0.2) is 6.10 Å². The Hall–Kier alpha value is -1.35. The molecule has 0 spiro atoms. The zero-order chi connectivity index (χ0) is 8.55. The third-order valence-electron chi connectivity index (χ3n) is 1.86. The highest BCUT2D eigenvalue weighted by Gasteiger charge is 2.46. The molecule has 1 aliphatic rings. The van der Waals surface area contributed by atoms with E-state index < -0.39 is 12.1 Å². The van der Waals surface area contributed by atoms with E-state index in [-0.39, 0.29) is 6.10 Å². The van der Waals surface area contributed by atoms with E-state index in [9.17, 15) is 4.79 Å². The predicted octanol–water partition coefficient (Wildman–Crippen LogP) is 1.21. The van der Waals surface area contributed by atoms with Crippen molar-refractivity contribution in [3.05, 3.63) is 35.9 Å².